The fourth-order valence-corrected chi connectivity index (χ4v) is 2.01. The number of carbonyl (C=O) groups is 1. The van der Waals surface area contributed by atoms with E-state index < -0.39 is 18.9 Å². The maximum absolute atomic E-state index is 11.9. The predicted molar refractivity (Wildman–Crippen MR) is 78.3 cm³/mol. The molecule has 2 aromatic rings. The van der Waals surface area contributed by atoms with Gasteiger partial charge in [-0.3, -0.25) is 0 Å². The summed E-state index contributed by atoms with van der Waals surface area (Å²) in [5, 5.41) is 9.87. The van der Waals surface area contributed by atoms with Crippen LogP contribution < -0.4 is 5.32 Å². The van der Waals surface area contributed by atoms with Gasteiger partial charge < -0.3 is 10.1 Å². The van der Waals surface area contributed by atoms with Gasteiger partial charge in [0.15, 0.2) is 6.61 Å². The zero-order valence-electron chi connectivity index (χ0n) is 11.0. The van der Waals surface area contributed by atoms with Crippen LogP contribution in [0.2, 0.25) is 0 Å². The van der Waals surface area contributed by atoms with Crippen molar-refractivity contribution >= 4 is 28.7 Å². The number of benzene rings is 1. The van der Waals surface area contributed by atoms with Crippen LogP contribution in [0.25, 0.3) is 5.69 Å². The minimum atomic E-state index is -4.55. The number of rotatable bonds is 4. The second-order valence-electron chi connectivity index (χ2n) is 4.18. The number of halogens is 4. The lowest BCUT2D eigenvalue weighted by Crippen LogP contribution is -2.28. The molecule has 10 heteroatoms. The highest BCUT2D eigenvalue weighted by molar-refractivity contribution is 14.1. The molecule has 0 fully saturated rings. The Morgan fingerprint density at radius 3 is 2.86 bits per heavy atom. The van der Waals surface area contributed by atoms with Crippen LogP contribution in [0.1, 0.15) is 5.69 Å². The van der Waals surface area contributed by atoms with E-state index in [1.165, 1.54) is 4.68 Å². The van der Waals surface area contributed by atoms with Crippen LogP contribution in [0.3, 0.4) is 0 Å². The minimum absolute atomic E-state index is 0.0827. The van der Waals surface area contributed by atoms with Crippen LogP contribution in [0.5, 0.6) is 0 Å². The Hall–Kier alpha value is -1.85. The Morgan fingerprint density at radius 2 is 2.18 bits per heavy atom. The van der Waals surface area contributed by atoms with Gasteiger partial charge in [-0.2, -0.15) is 13.2 Å². The maximum atomic E-state index is 11.9. The smallest absolute Gasteiger partial charge is 0.422 e. The number of nitrogens with zero attached hydrogens (tertiary/aromatic N) is 3. The lowest BCUT2D eigenvalue weighted by atomic mass is 10.3. The predicted octanol–water partition coefficient (Wildman–Crippen LogP) is 2.66. The number of alkyl carbamates (subject to hydrolysis) is 1. The first-order valence-electron chi connectivity index (χ1n) is 5.98. The second kappa shape index (κ2) is 6.94. The average Bonchev–Trinajstić information content (AvgIpc) is 2.91. The van der Waals surface area contributed by atoms with Gasteiger partial charge in [0.1, 0.15) is 5.69 Å². The first-order chi connectivity index (χ1) is 10.3. The number of hydrogen-bond acceptors (Lipinski definition) is 4. The van der Waals surface area contributed by atoms with Crippen LogP contribution in [0.15, 0.2) is 30.5 Å². The van der Waals surface area contributed by atoms with E-state index in [9.17, 15) is 18.0 Å². The highest BCUT2D eigenvalue weighted by Gasteiger charge is 2.29. The molecule has 6 nitrogen and oxygen atoms in total. The van der Waals surface area contributed by atoms with E-state index in [4.69, 9.17) is 0 Å². The van der Waals surface area contributed by atoms with Crippen molar-refractivity contribution in [2.45, 2.75) is 12.7 Å². The van der Waals surface area contributed by atoms with Gasteiger partial charge >= 0.3 is 12.3 Å². The molecule has 22 heavy (non-hydrogen) atoms. The van der Waals surface area contributed by atoms with Crippen molar-refractivity contribution in [2.24, 2.45) is 0 Å². The van der Waals surface area contributed by atoms with Crippen molar-refractivity contribution in [3.8, 4) is 5.69 Å². The van der Waals surface area contributed by atoms with E-state index in [0.29, 0.717) is 5.69 Å². The molecular weight excluding hydrogens is 416 g/mol. The summed E-state index contributed by atoms with van der Waals surface area (Å²) in [5.41, 5.74) is 1.17. The van der Waals surface area contributed by atoms with E-state index in [0.717, 1.165) is 9.26 Å². The monoisotopic (exact) mass is 426 g/mol. The van der Waals surface area contributed by atoms with E-state index in [-0.39, 0.29) is 6.54 Å². The molecule has 1 N–H and O–H groups in total. The fourth-order valence-electron chi connectivity index (χ4n) is 1.49. The molecule has 0 atom stereocenters. The number of nitrogens with one attached hydrogen (secondary N) is 1. The number of carbonyl (C=O) groups excluding carboxylic acids is 1. The van der Waals surface area contributed by atoms with Crippen molar-refractivity contribution in [3.05, 3.63) is 39.7 Å². The normalized spacial score (nSPS) is 11.3. The van der Waals surface area contributed by atoms with Gasteiger partial charge in [-0.15, -0.1) is 5.10 Å². The Labute approximate surface area is 136 Å². The molecule has 0 bridgehead atoms. The Balaban J connectivity index is 1.89. The number of ether oxygens (including phenoxy) is 1. The Morgan fingerprint density at radius 1 is 1.41 bits per heavy atom. The van der Waals surface area contributed by atoms with Crippen molar-refractivity contribution in [3.63, 3.8) is 0 Å². The van der Waals surface area contributed by atoms with Crippen LogP contribution in [-0.2, 0) is 11.3 Å². The first kappa shape index (κ1) is 16.5. The molecule has 0 saturated heterocycles. The standard InChI is InChI=1S/C12H10F3IN4O2/c13-12(14,15)7-22-11(21)17-5-9-6-20(19-18-9)10-3-1-2-8(16)4-10/h1-4,6H,5,7H2,(H,17,21). The summed E-state index contributed by atoms with van der Waals surface area (Å²) in [7, 11) is 0. The van der Waals surface area contributed by atoms with Crippen LogP contribution in [0.4, 0.5) is 18.0 Å². The highest BCUT2D eigenvalue weighted by atomic mass is 127. The lowest BCUT2D eigenvalue weighted by Gasteiger charge is -2.07. The van der Waals surface area contributed by atoms with Crippen molar-refractivity contribution in [2.75, 3.05) is 6.61 Å². The summed E-state index contributed by atoms with van der Waals surface area (Å²) in [6.45, 7) is -1.71. The summed E-state index contributed by atoms with van der Waals surface area (Å²) in [6.07, 6.45) is -4.15. The van der Waals surface area contributed by atoms with E-state index in [1.807, 2.05) is 24.3 Å². The lowest BCUT2D eigenvalue weighted by molar-refractivity contribution is -0.160. The molecule has 0 spiro atoms. The zero-order valence-corrected chi connectivity index (χ0v) is 13.1. The maximum Gasteiger partial charge on any atom is 0.422 e. The summed E-state index contributed by atoms with van der Waals surface area (Å²) < 4.78 is 42.1. The summed E-state index contributed by atoms with van der Waals surface area (Å²) in [5.74, 6) is 0. The zero-order chi connectivity index (χ0) is 16.2. The van der Waals surface area contributed by atoms with Gasteiger partial charge in [0.05, 0.1) is 18.4 Å². The molecule has 2 rings (SSSR count). The molecule has 0 aliphatic heterocycles. The van der Waals surface area contributed by atoms with Gasteiger partial charge in [-0.1, -0.05) is 11.3 Å². The van der Waals surface area contributed by atoms with Crippen molar-refractivity contribution < 1.29 is 22.7 Å². The second-order valence-corrected chi connectivity index (χ2v) is 5.42. The summed E-state index contributed by atoms with van der Waals surface area (Å²) >= 11 is 2.15. The SMILES string of the molecule is O=C(NCc1cn(-c2cccc(I)c2)nn1)OCC(F)(F)F. The minimum Gasteiger partial charge on any atom is -0.440 e. The number of aromatic nitrogens is 3. The molecule has 0 saturated carbocycles. The number of alkyl halides is 3. The quantitative estimate of drug-likeness (QED) is 0.764. The molecule has 0 aliphatic carbocycles. The third-order valence-electron chi connectivity index (χ3n) is 2.39. The molecule has 118 valence electrons. The first-order valence-corrected chi connectivity index (χ1v) is 7.06. The molecule has 1 amide bonds. The van der Waals surface area contributed by atoms with E-state index in [1.54, 1.807) is 6.20 Å². The molecule has 0 unspecified atom stereocenters. The summed E-state index contributed by atoms with van der Waals surface area (Å²) in [4.78, 5) is 11.1. The van der Waals surface area contributed by atoms with Crippen LogP contribution >= 0.6 is 22.6 Å². The molecule has 1 aromatic carbocycles. The van der Waals surface area contributed by atoms with Gasteiger partial charge in [0.2, 0.25) is 0 Å². The number of hydrogen-bond donors (Lipinski definition) is 1. The van der Waals surface area contributed by atoms with Gasteiger partial charge in [0, 0.05) is 3.57 Å². The van der Waals surface area contributed by atoms with Gasteiger partial charge in [0.25, 0.3) is 0 Å². The number of amides is 1. The molecular formula is C12H10F3IN4O2. The van der Waals surface area contributed by atoms with E-state index in [2.05, 4.69) is 43.0 Å². The summed E-state index contributed by atoms with van der Waals surface area (Å²) in [6, 6.07) is 7.47. The molecule has 0 radical (unpaired) electrons. The third kappa shape index (κ3) is 5.16. The topological polar surface area (TPSA) is 69.0 Å². The van der Waals surface area contributed by atoms with Crippen LogP contribution in [0, 0.1) is 3.57 Å². The van der Waals surface area contributed by atoms with Gasteiger partial charge in [-0.25, -0.2) is 9.48 Å². The average molecular weight is 426 g/mol. The largest absolute Gasteiger partial charge is 0.440 e. The third-order valence-corrected chi connectivity index (χ3v) is 3.07. The fraction of sp³-hybridized carbons (Fsp3) is 0.250. The Bertz CT molecular complexity index is 660. The van der Waals surface area contributed by atoms with Crippen molar-refractivity contribution in [1.82, 2.24) is 20.3 Å². The molecule has 1 heterocycles. The van der Waals surface area contributed by atoms with E-state index >= 15 is 0 Å². The highest BCUT2D eigenvalue weighted by Crippen LogP contribution is 2.14. The molecule has 1 aromatic heterocycles. The molecule has 0 aliphatic rings. The van der Waals surface area contributed by atoms with Gasteiger partial charge in [-0.05, 0) is 40.8 Å². The Kier molecular flexibility index (Phi) is 5.21. The van der Waals surface area contributed by atoms with Crippen molar-refractivity contribution in [1.29, 1.82) is 0 Å². The van der Waals surface area contributed by atoms with Crippen LogP contribution in [-0.4, -0.2) is 33.9 Å².